The van der Waals surface area contributed by atoms with Crippen molar-refractivity contribution in [3.05, 3.63) is 34.9 Å². The molecule has 1 aromatic carbocycles. The van der Waals surface area contributed by atoms with Crippen molar-refractivity contribution in [3.63, 3.8) is 0 Å². The van der Waals surface area contributed by atoms with E-state index in [1.165, 1.54) is 0 Å². The maximum atomic E-state index is 13.3. The number of hydrogen-bond acceptors (Lipinski definition) is 1. The fourth-order valence-corrected chi connectivity index (χ4v) is 1.65. The molecule has 0 aliphatic rings. The van der Waals surface area contributed by atoms with Gasteiger partial charge in [-0.15, -0.1) is 0 Å². The minimum absolute atomic E-state index is 0.146. The molecule has 2 nitrogen and oxygen atoms in total. The van der Waals surface area contributed by atoms with Crippen LogP contribution in [0.15, 0.2) is 24.3 Å². The zero-order chi connectivity index (χ0) is 14.8. The fraction of sp³-hybridized carbons (Fsp3) is 0.364. The van der Waals surface area contributed by atoms with E-state index in [1.54, 1.807) is 0 Å². The van der Waals surface area contributed by atoms with Gasteiger partial charge >= 0.3 is 18.1 Å². The van der Waals surface area contributed by atoms with Crippen LogP contribution < -0.4 is 0 Å². The molecule has 0 amide bonds. The lowest BCUT2D eigenvalue weighted by Gasteiger charge is -2.28. The van der Waals surface area contributed by atoms with Crippen LogP contribution in [0, 0.1) is 0 Å². The number of alkyl halides is 5. The fourth-order valence-electron chi connectivity index (χ4n) is 1.52. The van der Waals surface area contributed by atoms with Crippen LogP contribution in [0.2, 0.25) is 5.02 Å². The Morgan fingerprint density at radius 2 is 1.63 bits per heavy atom. The predicted molar refractivity (Wildman–Crippen MR) is 57.4 cm³/mol. The highest BCUT2D eigenvalue weighted by atomic mass is 35.5. The number of benzene rings is 1. The normalized spacial score (nSPS) is 14.2. The van der Waals surface area contributed by atoms with E-state index < -0.39 is 36.0 Å². The highest BCUT2D eigenvalue weighted by Gasteiger charge is 2.62. The second kappa shape index (κ2) is 5.32. The molecule has 0 aromatic heterocycles. The third kappa shape index (κ3) is 3.56. The van der Waals surface area contributed by atoms with E-state index in [9.17, 15) is 26.7 Å². The minimum Gasteiger partial charge on any atom is -0.481 e. The minimum atomic E-state index is -5.83. The smallest absolute Gasteiger partial charge is 0.453 e. The van der Waals surface area contributed by atoms with Gasteiger partial charge in [-0.2, -0.15) is 22.0 Å². The average molecular weight is 303 g/mol. The third-order valence-electron chi connectivity index (χ3n) is 2.47. The van der Waals surface area contributed by atoms with Crippen LogP contribution in [0.25, 0.3) is 0 Å². The monoisotopic (exact) mass is 302 g/mol. The molecular formula is C11H8ClF5O2. The molecule has 1 atom stereocenters. The largest absolute Gasteiger partial charge is 0.481 e. The van der Waals surface area contributed by atoms with Crippen molar-refractivity contribution in [2.75, 3.05) is 0 Å². The number of halogens is 6. The maximum Gasteiger partial charge on any atom is 0.453 e. The molecular weight excluding hydrogens is 295 g/mol. The molecule has 8 heteroatoms. The first-order valence-corrected chi connectivity index (χ1v) is 5.35. The number of aliphatic carboxylic acids is 1. The third-order valence-corrected chi connectivity index (χ3v) is 2.72. The van der Waals surface area contributed by atoms with Crippen LogP contribution in [0.4, 0.5) is 22.0 Å². The van der Waals surface area contributed by atoms with Crippen LogP contribution >= 0.6 is 11.6 Å². The van der Waals surface area contributed by atoms with Gasteiger partial charge in [-0.3, -0.25) is 4.79 Å². The van der Waals surface area contributed by atoms with Crippen molar-refractivity contribution in [2.45, 2.75) is 24.4 Å². The summed E-state index contributed by atoms with van der Waals surface area (Å²) in [6.45, 7) is 0. The van der Waals surface area contributed by atoms with E-state index in [2.05, 4.69) is 0 Å². The van der Waals surface area contributed by atoms with Crippen molar-refractivity contribution >= 4 is 17.6 Å². The Morgan fingerprint density at radius 1 is 1.16 bits per heavy atom. The molecule has 0 saturated heterocycles. The van der Waals surface area contributed by atoms with E-state index in [0.29, 0.717) is 0 Å². The number of rotatable bonds is 4. The lowest BCUT2D eigenvalue weighted by atomic mass is 9.89. The van der Waals surface area contributed by atoms with E-state index >= 15 is 0 Å². The van der Waals surface area contributed by atoms with Crippen LogP contribution in [-0.4, -0.2) is 23.2 Å². The summed E-state index contributed by atoms with van der Waals surface area (Å²) in [5.41, 5.74) is -0.436. The maximum absolute atomic E-state index is 13.3. The van der Waals surface area contributed by atoms with E-state index in [-0.39, 0.29) is 5.02 Å². The predicted octanol–water partition coefficient (Wildman–Crippen LogP) is 4.10. The Hall–Kier alpha value is -1.37. The molecule has 0 spiro atoms. The van der Waals surface area contributed by atoms with Crippen LogP contribution in [0.1, 0.15) is 17.9 Å². The van der Waals surface area contributed by atoms with Crippen molar-refractivity contribution in [1.82, 2.24) is 0 Å². The Kier molecular flexibility index (Phi) is 4.39. The van der Waals surface area contributed by atoms with Gasteiger partial charge in [-0.1, -0.05) is 23.7 Å². The highest BCUT2D eigenvalue weighted by Crippen LogP contribution is 2.47. The number of carboxylic acids is 1. The van der Waals surface area contributed by atoms with Crippen molar-refractivity contribution in [2.24, 2.45) is 0 Å². The van der Waals surface area contributed by atoms with Gasteiger partial charge in [0.25, 0.3) is 0 Å². The van der Waals surface area contributed by atoms with Gasteiger partial charge in [-0.25, -0.2) is 0 Å². The molecule has 0 aliphatic carbocycles. The Balaban J connectivity index is 3.22. The molecule has 1 N–H and O–H groups in total. The molecule has 0 heterocycles. The molecule has 0 bridgehead atoms. The molecule has 1 aromatic rings. The summed E-state index contributed by atoms with van der Waals surface area (Å²) in [4.78, 5) is 10.5. The molecule has 0 radical (unpaired) electrons. The number of hydrogen-bond donors (Lipinski definition) is 1. The summed E-state index contributed by atoms with van der Waals surface area (Å²) in [6, 6.07) is 4.15. The molecule has 0 saturated carbocycles. The van der Waals surface area contributed by atoms with E-state index in [4.69, 9.17) is 16.7 Å². The Bertz CT molecular complexity index is 455. The molecule has 0 fully saturated rings. The molecule has 1 rings (SSSR count). The van der Waals surface area contributed by atoms with Crippen molar-refractivity contribution in [3.8, 4) is 0 Å². The van der Waals surface area contributed by atoms with Crippen LogP contribution in [0.3, 0.4) is 0 Å². The van der Waals surface area contributed by atoms with Crippen molar-refractivity contribution < 1.29 is 31.9 Å². The number of carboxylic acid groups (broad SMARTS) is 1. The summed E-state index contributed by atoms with van der Waals surface area (Å²) in [5, 5.41) is 8.65. The first kappa shape index (κ1) is 15.7. The average Bonchev–Trinajstić information content (AvgIpc) is 2.25. The first-order valence-electron chi connectivity index (χ1n) is 4.97. The van der Waals surface area contributed by atoms with Gasteiger partial charge in [0.05, 0.1) is 12.3 Å². The first-order chi connectivity index (χ1) is 8.55. The summed E-state index contributed by atoms with van der Waals surface area (Å²) in [7, 11) is 0. The standard InChI is InChI=1S/C11H8ClF5O2/c12-7-3-1-6(2-4-7)8(5-9(18)19)10(13,14)11(15,16)17/h1-4,8H,5H2,(H,18,19). The zero-order valence-corrected chi connectivity index (χ0v) is 9.97. The van der Waals surface area contributed by atoms with E-state index in [1.807, 2.05) is 0 Å². The second-order valence-electron chi connectivity index (χ2n) is 3.82. The lowest BCUT2D eigenvalue weighted by Crippen LogP contribution is -2.43. The lowest BCUT2D eigenvalue weighted by molar-refractivity contribution is -0.291. The Labute approximate surface area is 109 Å². The molecule has 0 aliphatic heterocycles. The van der Waals surface area contributed by atoms with Gasteiger partial charge < -0.3 is 5.11 Å². The van der Waals surface area contributed by atoms with Gasteiger partial charge in [-0.05, 0) is 17.7 Å². The molecule has 19 heavy (non-hydrogen) atoms. The Morgan fingerprint density at radius 3 is 2.00 bits per heavy atom. The van der Waals surface area contributed by atoms with Crippen LogP contribution in [-0.2, 0) is 4.79 Å². The topological polar surface area (TPSA) is 37.3 Å². The van der Waals surface area contributed by atoms with Gasteiger partial charge in [0.1, 0.15) is 0 Å². The summed E-state index contributed by atoms with van der Waals surface area (Å²) in [5.74, 6) is -9.38. The van der Waals surface area contributed by atoms with Gasteiger partial charge in [0.15, 0.2) is 0 Å². The summed E-state index contributed by atoms with van der Waals surface area (Å²) in [6.07, 6.45) is -7.17. The SMILES string of the molecule is O=C(O)CC(c1ccc(Cl)cc1)C(F)(F)C(F)(F)F. The number of carbonyl (C=O) groups is 1. The summed E-state index contributed by atoms with van der Waals surface area (Å²) < 4.78 is 63.6. The molecule has 106 valence electrons. The highest BCUT2D eigenvalue weighted by molar-refractivity contribution is 6.30. The molecule has 1 unspecified atom stereocenters. The van der Waals surface area contributed by atoms with E-state index in [0.717, 1.165) is 24.3 Å². The van der Waals surface area contributed by atoms with Crippen LogP contribution in [0.5, 0.6) is 0 Å². The van der Waals surface area contributed by atoms with Gasteiger partial charge in [0, 0.05) is 5.02 Å². The zero-order valence-electron chi connectivity index (χ0n) is 9.22. The van der Waals surface area contributed by atoms with Crippen molar-refractivity contribution in [1.29, 1.82) is 0 Å². The summed E-state index contributed by atoms with van der Waals surface area (Å²) >= 11 is 5.50. The second-order valence-corrected chi connectivity index (χ2v) is 4.26. The quantitative estimate of drug-likeness (QED) is 0.850. The van der Waals surface area contributed by atoms with Gasteiger partial charge in [0.2, 0.25) is 0 Å².